The number of piperidine rings is 1. The number of amides is 3. The first-order valence-electron chi connectivity index (χ1n) is 11.7. The summed E-state index contributed by atoms with van der Waals surface area (Å²) in [6, 6.07) is 7.43. The number of rotatable bonds is 7. The van der Waals surface area contributed by atoms with Gasteiger partial charge in [0.1, 0.15) is 5.75 Å². The summed E-state index contributed by atoms with van der Waals surface area (Å²) >= 11 is 1.28. The Kier molecular flexibility index (Phi) is 7.74. The molecule has 0 radical (unpaired) electrons. The molecule has 2 aromatic rings. The molecule has 1 saturated carbocycles. The third-order valence-corrected chi connectivity index (χ3v) is 7.20. The molecule has 3 amide bonds. The maximum atomic E-state index is 12.7. The number of nitrogens with one attached hydrogen (secondary N) is 2. The number of thioether (sulfide) groups is 1. The molecule has 1 atom stereocenters. The molecule has 2 heterocycles. The lowest BCUT2D eigenvalue weighted by Crippen LogP contribution is -2.46. The molecule has 1 aromatic carbocycles. The Morgan fingerprint density at radius 3 is 2.55 bits per heavy atom. The molecule has 9 nitrogen and oxygen atoms in total. The van der Waals surface area contributed by atoms with E-state index in [1.54, 1.807) is 14.0 Å². The summed E-state index contributed by atoms with van der Waals surface area (Å²) in [5, 5.41) is 14.3. The second kappa shape index (κ2) is 10.9. The fraction of sp³-hybridized carbons (Fsp3) is 0.565. The van der Waals surface area contributed by atoms with Gasteiger partial charge in [0.25, 0.3) is 0 Å². The van der Waals surface area contributed by atoms with E-state index in [1.165, 1.54) is 18.2 Å². The Morgan fingerprint density at radius 2 is 1.82 bits per heavy atom. The third-order valence-electron chi connectivity index (χ3n) is 6.16. The molecule has 1 unspecified atom stereocenters. The largest absolute Gasteiger partial charge is 0.495 e. The van der Waals surface area contributed by atoms with E-state index < -0.39 is 11.3 Å². The van der Waals surface area contributed by atoms with Crippen molar-refractivity contribution in [2.75, 3.05) is 25.1 Å². The minimum absolute atomic E-state index is 0.154. The average molecular weight is 473 g/mol. The van der Waals surface area contributed by atoms with Crippen LogP contribution in [0.15, 0.2) is 29.4 Å². The van der Waals surface area contributed by atoms with Crippen LogP contribution in [0.3, 0.4) is 0 Å². The van der Waals surface area contributed by atoms with E-state index in [0.29, 0.717) is 10.9 Å². The summed E-state index contributed by atoms with van der Waals surface area (Å²) in [6.45, 7) is 3.59. The summed E-state index contributed by atoms with van der Waals surface area (Å²) < 4.78 is 7.55. The van der Waals surface area contributed by atoms with E-state index in [2.05, 4.69) is 25.7 Å². The van der Waals surface area contributed by atoms with Gasteiger partial charge in [-0.05, 0) is 51.2 Å². The summed E-state index contributed by atoms with van der Waals surface area (Å²) in [4.78, 5) is 27.2. The number of benzene rings is 1. The number of ether oxygens (including phenoxy) is 1. The first kappa shape index (κ1) is 23.4. The van der Waals surface area contributed by atoms with E-state index in [0.717, 1.165) is 63.3 Å². The molecule has 4 rings (SSSR count). The smallest absolute Gasteiger partial charge is 0.321 e. The van der Waals surface area contributed by atoms with Gasteiger partial charge in [0.05, 0.1) is 18.0 Å². The lowest BCUT2D eigenvalue weighted by atomic mass is 10.1. The minimum Gasteiger partial charge on any atom is -0.495 e. The zero-order valence-electron chi connectivity index (χ0n) is 19.2. The quantitative estimate of drug-likeness (QED) is 0.595. The zero-order chi connectivity index (χ0) is 23.2. The maximum Gasteiger partial charge on any atom is 0.321 e. The summed E-state index contributed by atoms with van der Waals surface area (Å²) in [5.74, 6) is 1.09. The Morgan fingerprint density at radius 1 is 1.09 bits per heavy atom. The normalized spacial score (nSPS) is 17.6. The third kappa shape index (κ3) is 5.61. The molecule has 2 aliphatic rings. The van der Waals surface area contributed by atoms with Crippen LogP contribution in [-0.2, 0) is 4.79 Å². The number of aromatic nitrogens is 3. The number of carbonyl (C=O) groups excluding carboxylic acids is 2. The topological polar surface area (TPSA) is 101 Å². The van der Waals surface area contributed by atoms with Gasteiger partial charge in [-0.25, -0.2) is 4.79 Å². The molecule has 1 saturated heterocycles. The van der Waals surface area contributed by atoms with Crippen LogP contribution in [0.5, 0.6) is 5.75 Å². The Hall–Kier alpha value is -2.75. The SMILES string of the molecule is COc1ccccc1-n1c(SC(C)C(=O)NC(=O)NC2CCCC2)nnc1N1CCCCC1. The molecule has 0 bridgehead atoms. The van der Waals surface area contributed by atoms with Gasteiger partial charge < -0.3 is 15.0 Å². The van der Waals surface area contributed by atoms with Gasteiger partial charge in [0.2, 0.25) is 11.9 Å². The highest BCUT2D eigenvalue weighted by Gasteiger charge is 2.27. The number of nitrogens with zero attached hydrogens (tertiary/aromatic N) is 4. The molecule has 0 spiro atoms. The summed E-state index contributed by atoms with van der Waals surface area (Å²) in [7, 11) is 1.63. The van der Waals surface area contributed by atoms with Crippen LogP contribution in [0.1, 0.15) is 51.9 Å². The highest BCUT2D eigenvalue weighted by atomic mass is 32.2. The van der Waals surface area contributed by atoms with Crippen molar-refractivity contribution in [1.82, 2.24) is 25.4 Å². The standard InChI is InChI=1S/C23H32N6O3S/c1-16(20(30)25-21(31)24-17-10-4-5-11-17)33-23-27-26-22(28-14-8-3-9-15-28)29(23)18-12-6-7-13-19(18)32-2/h6-7,12-13,16-17H,3-5,8-11,14-15H2,1-2H3,(H2,24,25,30,31). The molecule has 178 valence electrons. The van der Waals surface area contributed by atoms with Crippen LogP contribution in [-0.4, -0.2) is 58.2 Å². The highest BCUT2D eigenvalue weighted by molar-refractivity contribution is 8.00. The van der Waals surface area contributed by atoms with Gasteiger partial charge in [-0.3, -0.25) is 14.7 Å². The second-order valence-corrected chi connectivity index (χ2v) is 9.85. The molecule has 33 heavy (non-hydrogen) atoms. The fourth-order valence-electron chi connectivity index (χ4n) is 4.38. The predicted octanol–water partition coefficient (Wildman–Crippen LogP) is 3.52. The fourth-order valence-corrected chi connectivity index (χ4v) is 5.23. The average Bonchev–Trinajstić information content (AvgIpc) is 3.49. The Balaban J connectivity index is 1.53. The van der Waals surface area contributed by atoms with Crippen LogP contribution in [0, 0.1) is 0 Å². The molecule has 1 aliphatic carbocycles. The van der Waals surface area contributed by atoms with Crippen LogP contribution in [0.25, 0.3) is 5.69 Å². The number of anilines is 1. The number of hydrogen-bond acceptors (Lipinski definition) is 7. The van der Waals surface area contributed by atoms with Crippen LogP contribution in [0.4, 0.5) is 10.7 Å². The zero-order valence-corrected chi connectivity index (χ0v) is 20.1. The van der Waals surface area contributed by atoms with Gasteiger partial charge >= 0.3 is 6.03 Å². The minimum atomic E-state index is -0.536. The van der Waals surface area contributed by atoms with Gasteiger partial charge in [0, 0.05) is 19.1 Å². The van der Waals surface area contributed by atoms with E-state index >= 15 is 0 Å². The number of para-hydroxylation sites is 2. The van der Waals surface area contributed by atoms with Crippen molar-refractivity contribution in [1.29, 1.82) is 0 Å². The predicted molar refractivity (Wildman–Crippen MR) is 128 cm³/mol. The van der Waals surface area contributed by atoms with E-state index in [4.69, 9.17) is 4.74 Å². The number of methoxy groups -OCH3 is 1. The summed E-state index contributed by atoms with van der Waals surface area (Å²) in [5.41, 5.74) is 0.819. The van der Waals surface area contributed by atoms with Crippen LogP contribution < -0.4 is 20.3 Å². The molecular weight excluding hydrogens is 440 g/mol. The van der Waals surface area contributed by atoms with Gasteiger partial charge in [-0.15, -0.1) is 10.2 Å². The van der Waals surface area contributed by atoms with Gasteiger partial charge in [0.15, 0.2) is 5.16 Å². The number of urea groups is 1. The lowest BCUT2D eigenvalue weighted by Gasteiger charge is -2.28. The van der Waals surface area contributed by atoms with Crippen molar-refractivity contribution in [3.8, 4) is 11.4 Å². The van der Waals surface area contributed by atoms with Crippen LogP contribution in [0.2, 0.25) is 0 Å². The molecule has 2 fully saturated rings. The summed E-state index contributed by atoms with van der Waals surface area (Å²) in [6.07, 6.45) is 7.58. The molecule has 10 heteroatoms. The molecule has 2 N–H and O–H groups in total. The lowest BCUT2D eigenvalue weighted by molar-refractivity contribution is -0.119. The van der Waals surface area contributed by atoms with E-state index in [9.17, 15) is 9.59 Å². The van der Waals surface area contributed by atoms with Gasteiger partial charge in [-0.2, -0.15) is 0 Å². The van der Waals surface area contributed by atoms with Crippen molar-refractivity contribution in [2.24, 2.45) is 0 Å². The monoisotopic (exact) mass is 472 g/mol. The number of hydrogen-bond donors (Lipinski definition) is 2. The van der Waals surface area contributed by atoms with Crippen LogP contribution >= 0.6 is 11.8 Å². The van der Waals surface area contributed by atoms with E-state index in [1.807, 2.05) is 28.8 Å². The molecular formula is C23H32N6O3S. The Labute approximate surface area is 198 Å². The Bertz CT molecular complexity index is 969. The molecule has 1 aliphatic heterocycles. The van der Waals surface area contributed by atoms with Crippen molar-refractivity contribution >= 4 is 29.6 Å². The van der Waals surface area contributed by atoms with Crippen molar-refractivity contribution in [3.05, 3.63) is 24.3 Å². The first-order valence-corrected chi connectivity index (χ1v) is 12.6. The highest BCUT2D eigenvalue weighted by Crippen LogP contribution is 2.34. The van der Waals surface area contributed by atoms with Gasteiger partial charge in [-0.1, -0.05) is 36.7 Å². The first-order chi connectivity index (χ1) is 16.1. The van der Waals surface area contributed by atoms with Crippen molar-refractivity contribution in [3.63, 3.8) is 0 Å². The maximum absolute atomic E-state index is 12.7. The van der Waals surface area contributed by atoms with E-state index in [-0.39, 0.29) is 11.9 Å². The molecule has 1 aromatic heterocycles. The number of carbonyl (C=O) groups is 2. The number of imide groups is 1. The van der Waals surface area contributed by atoms with Crippen molar-refractivity contribution in [2.45, 2.75) is 68.3 Å². The second-order valence-electron chi connectivity index (χ2n) is 8.54. The van der Waals surface area contributed by atoms with Crippen molar-refractivity contribution < 1.29 is 14.3 Å².